The van der Waals surface area contributed by atoms with Crippen LogP contribution in [-0.4, -0.2) is 22.4 Å². The fraction of sp³-hybridized carbons (Fsp3) is 0.273. The molecule has 6 nitrogen and oxygen atoms in total. The number of nitrogens with two attached hydrogens (primary N) is 1. The molecule has 1 atom stereocenters. The molecule has 2 heterocycles. The lowest BCUT2D eigenvalue weighted by Gasteiger charge is -2.13. The third kappa shape index (κ3) is 1.88. The summed E-state index contributed by atoms with van der Waals surface area (Å²) in [6.45, 7) is 0.390. The molecular weight excluding hydrogens is 218 g/mol. The van der Waals surface area contributed by atoms with Gasteiger partial charge >= 0.3 is 0 Å². The minimum absolute atomic E-state index is 0.0643. The summed E-state index contributed by atoms with van der Waals surface area (Å²) in [4.78, 5) is 20.9. The van der Waals surface area contributed by atoms with Crippen molar-refractivity contribution in [1.82, 2.24) is 9.97 Å². The number of aromatic nitrogens is 2. The van der Waals surface area contributed by atoms with Gasteiger partial charge in [0.1, 0.15) is 17.5 Å². The summed E-state index contributed by atoms with van der Waals surface area (Å²) in [5.41, 5.74) is 5.75. The zero-order valence-corrected chi connectivity index (χ0v) is 8.92. The second-order valence-electron chi connectivity index (χ2n) is 3.65. The maximum Gasteiger partial charge on any atom is 0.234 e. The Morgan fingerprint density at radius 2 is 2.41 bits per heavy atom. The second kappa shape index (κ2) is 4.11. The van der Waals surface area contributed by atoms with Crippen LogP contribution in [0.25, 0.3) is 0 Å². The van der Waals surface area contributed by atoms with Crippen LogP contribution in [0, 0.1) is 29.6 Å². The van der Waals surface area contributed by atoms with E-state index in [0.29, 0.717) is 13.0 Å². The molecular formula is C11H9N5O. The van der Waals surface area contributed by atoms with Gasteiger partial charge in [-0.2, -0.15) is 10.2 Å². The number of terminal acetylenes is 1. The normalized spacial score (nSPS) is 18.8. The first-order valence-electron chi connectivity index (χ1n) is 4.94. The molecule has 1 aromatic heterocycles. The summed E-state index contributed by atoms with van der Waals surface area (Å²) >= 11 is 0. The monoisotopic (exact) mass is 227 g/mol. The van der Waals surface area contributed by atoms with Gasteiger partial charge in [0, 0.05) is 18.9 Å². The van der Waals surface area contributed by atoms with Gasteiger partial charge in [-0.05, 0) is 0 Å². The molecule has 2 rings (SSSR count). The Morgan fingerprint density at radius 3 is 2.94 bits per heavy atom. The minimum Gasteiger partial charge on any atom is -0.382 e. The molecule has 1 aliphatic heterocycles. The lowest BCUT2D eigenvalue weighted by Crippen LogP contribution is -2.26. The van der Waals surface area contributed by atoms with Gasteiger partial charge in [0.15, 0.2) is 0 Å². The quantitative estimate of drug-likeness (QED) is 0.677. The van der Waals surface area contributed by atoms with E-state index in [9.17, 15) is 4.79 Å². The molecule has 1 unspecified atom stereocenters. The fourth-order valence-corrected chi connectivity index (χ4v) is 1.61. The molecule has 0 aliphatic carbocycles. The predicted molar refractivity (Wildman–Crippen MR) is 60.5 cm³/mol. The number of carbonyl (C=O) groups excluding carboxylic acids is 1. The maximum absolute atomic E-state index is 11.7. The van der Waals surface area contributed by atoms with Crippen LogP contribution in [0.5, 0.6) is 0 Å². The highest BCUT2D eigenvalue weighted by Gasteiger charge is 2.31. The van der Waals surface area contributed by atoms with E-state index in [1.165, 1.54) is 11.1 Å². The fourth-order valence-electron chi connectivity index (χ4n) is 1.61. The molecule has 6 heteroatoms. The summed E-state index contributed by atoms with van der Waals surface area (Å²) in [5, 5.41) is 8.69. The zero-order chi connectivity index (χ0) is 12.4. The Bertz CT molecular complexity index is 554. The number of nitriles is 1. The largest absolute Gasteiger partial charge is 0.382 e. The Hall–Kier alpha value is -2.60. The summed E-state index contributed by atoms with van der Waals surface area (Å²) in [5.74, 6) is 2.54. The van der Waals surface area contributed by atoms with E-state index >= 15 is 0 Å². The van der Waals surface area contributed by atoms with Crippen molar-refractivity contribution in [3.05, 3.63) is 11.8 Å². The number of nitrogens with zero attached hydrogens (tertiary/aromatic N) is 4. The summed E-state index contributed by atoms with van der Waals surface area (Å²) in [7, 11) is 0. The second-order valence-corrected chi connectivity index (χ2v) is 3.65. The molecule has 0 bridgehead atoms. The average molecular weight is 227 g/mol. The molecule has 1 aliphatic rings. The van der Waals surface area contributed by atoms with Gasteiger partial charge in [0.05, 0.1) is 6.20 Å². The number of carbonyl (C=O) groups is 1. The van der Waals surface area contributed by atoms with E-state index in [4.69, 9.17) is 17.4 Å². The number of hydrogen-bond acceptors (Lipinski definition) is 5. The highest BCUT2D eigenvalue weighted by Crippen LogP contribution is 2.22. The van der Waals surface area contributed by atoms with Crippen molar-refractivity contribution in [3.8, 4) is 18.4 Å². The molecule has 0 aromatic carbocycles. The molecule has 0 saturated carbocycles. The van der Waals surface area contributed by atoms with E-state index in [-0.39, 0.29) is 29.2 Å². The first kappa shape index (κ1) is 10.9. The topological polar surface area (TPSA) is 95.9 Å². The van der Waals surface area contributed by atoms with Crippen LogP contribution >= 0.6 is 0 Å². The predicted octanol–water partition coefficient (Wildman–Crippen LogP) is -0.0834. The Morgan fingerprint density at radius 1 is 1.65 bits per heavy atom. The molecule has 84 valence electrons. The summed E-state index contributed by atoms with van der Waals surface area (Å²) in [6, 6.07) is 1.86. The first-order valence-corrected chi connectivity index (χ1v) is 4.94. The number of rotatable bonds is 1. The number of nitrogen functional groups attached to an aromatic ring is 1. The Balaban J connectivity index is 2.31. The lowest BCUT2D eigenvalue weighted by atomic mass is 10.1. The molecule has 1 aromatic rings. The molecule has 1 fully saturated rings. The van der Waals surface area contributed by atoms with Crippen LogP contribution in [0.2, 0.25) is 0 Å². The van der Waals surface area contributed by atoms with Gasteiger partial charge in [0.25, 0.3) is 0 Å². The van der Waals surface area contributed by atoms with E-state index in [2.05, 4.69) is 15.9 Å². The number of amides is 1. The molecule has 1 amide bonds. The van der Waals surface area contributed by atoms with Crippen molar-refractivity contribution in [2.24, 2.45) is 5.92 Å². The maximum atomic E-state index is 11.7. The van der Waals surface area contributed by atoms with Crippen molar-refractivity contribution in [1.29, 1.82) is 5.26 Å². The van der Waals surface area contributed by atoms with Crippen LogP contribution in [0.4, 0.5) is 11.8 Å². The van der Waals surface area contributed by atoms with Crippen molar-refractivity contribution in [2.45, 2.75) is 6.42 Å². The van der Waals surface area contributed by atoms with Crippen molar-refractivity contribution < 1.29 is 4.79 Å². The van der Waals surface area contributed by atoms with Crippen LogP contribution in [0.1, 0.15) is 12.0 Å². The molecule has 1 saturated heterocycles. The van der Waals surface area contributed by atoms with Crippen molar-refractivity contribution in [2.75, 3.05) is 17.2 Å². The van der Waals surface area contributed by atoms with E-state index in [1.807, 2.05) is 6.07 Å². The average Bonchev–Trinajstić information content (AvgIpc) is 2.70. The molecule has 2 N–H and O–H groups in total. The number of anilines is 2. The Labute approximate surface area is 98.1 Å². The van der Waals surface area contributed by atoms with E-state index in [0.717, 1.165) is 0 Å². The van der Waals surface area contributed by atoms with Gasteiger partial charge < -0.3 is 5.73 Å². The van der Waals surface area contributed by atoms with Gasteiger partial charge in [-0.15, -0.1) is 12.3 Å². The summed E-state index contributed by atoms with van der Waals surface area (Å²) < 4.78 is 0. The number of hydrogen-bond donors (Lipinski definition) is 1. The standard InChI is InChI=1S/C11H9N5O/c1-2-7-3-9(17)16(6-7)11-14-5-8(4-12)10(13)15-11/h1,5,7H,3,6H2,(H2,13,14,15). The van der Waals surface area contributed by atoms with Crippen molar-refractivity contribution in [3.63, 3.8) is 0 Å². The first-order chi connectivity index (χ1) is 8.15. The lowest BCUT2D eigenvalue weighted by molar-refractivity contribution is -0.117. The smallest absolute Gasteiger partial charge is 0.234 e. The Kier molecular flexibility index (Phi) is 2.63. The van der Waals surface area contributed by atoms with Crippen molar-refractivity contribution >= 4 is 17.7 Å². The van der Waals surface area contributed by atoms with Crippen LogP contribution in [-0.2, 0) is 4.79 Å². The van der Waals surface area contributed by atoms with Gasteiger partial charge in [0.2, 0.25) is 11.9 Å². The molecule has 0 radical (unpaired) electrons. The van der Waals surface area contributed by atoms with E-state index < -0.39 is 0 Å². The third-order valence-corrected chi connectivity index (χ3v) is 2.53. The van der Waals surface area contributed by atoms with Crippen LogP contribution < -0.4 is 10.6 Å². The van der Waals surface area contributed by atoms with Crippen LogP contribution in [0.15, 0.2) is 6.20 Å². The highest BCUT2D eigenvalue weighted by atomic mass is 16.2. The van der Waals surface area contributed by atoms with Gasteiger partial charge in [-0.3, -0.25) is 9.69 Å². The molecule has 17 heavy (non-hydrogen) atoms. The highest BCUT2D eigenvalue weighted by molar-refractivity contribution is 5.94. The zero-order valence-electron chi connectivity index (χ0n) is 8.92. The SMILES string of the molecule is C#CC1CC(=O)N(c2ncc(C#N)c(N)n2)C1. The van der Waals surface area contributed by atoms with E-state index in [1.54, 1.807) is 0 Å². The van der Waals surface area contributed by atoms with Crippen LogP contribution in [0.3, 0.4) is 0 Å². The van der Waals surface area contributed by atoms with Gasteiger partial charge in [-0.1, -0.05) is 0 Å². The molecule has 0 spiro atoms. The minimum atomic E-state index is -0.128. The summed E-state index contributed by atoms with van der Waals surface area (Å²) in [6.07, 6.45) is 6.87. The third-order valence-electron chi connectivity index (χ3n) is 2.53. The van der Waals surface area contributed by atoms with Gasteiger partial charge in [-0.25, -0.2) is 4.98 Å².